The molecule has 0 saturated carbocycles. The molecule has 1 aliphatic heterocycles. The number of piperidine rings is 1. The number of halogens is 1. The van der Waals surface area contributed by atoms with Gasteiger partial charge in [0, 0.05) is 6.54 Å². The summed E-state index contributed by atoms with van der Waals surface area (Å²) in [5, 5.41) is 2.38. The van der Waals surface area contributed by atoms with Gasteiger partial charge in [-0.3, -0.25) is 10.2 Å². The summed E-state index contributed by atoms with van der Waals surface area (Å²) < 4.78 is 39.1. The summed E-state index contributed by atoms with van der Waals surface area (Å²) in [7, 11) is -3.74. The fourth-order valence-electron chi connectivity index (χ4n) is 3.08. The number of rotatable bonds is 5. The molecular weight excluding hydrogens is 369 g/mol. The van der Waals surface area contributed by atoms with Crippen LogP contribution in [0.4, 0.5) is 4.39 Å². The lowest BCUT2D eigenvalue weighted by molar-refractivity contribution is 0.0940. The summed E-state index contributed by atoms with van der Waals surface area (Å²) in [4.78, 5) is 14.5. The van der Waals surface area contributed by atoms with E-state index in [0.717, 1.165) is 18.5 Å². The summed E-state index contributed by atoms with van der Waals surface area (Å²) in [6.45, 7) is 2.66. The molecule has 2 aromatic carbocycles. The first kappa shape index (κ1) is 19.5. The van der Waals surface area contributed by atoms with E-state index >= 15 is 0 Å². The van der Waals surface area contributed by atoms with Gasteiger partial charge >= 0.3 is 0 Å². The van der Waals surface area contributed by atoms with Crippen LogP contribution in [-0.2, 0) is 10.0 Å². The van der Waals surface area contributed by atoms with E-state index in [-0.39, 0.29) is 5.56 Å². The van der Waals surface area contributed by atoms with Crippen LogP contribution in [0.25, 0.3) is 11.1 Å². The second kappa shape index (κ2) is 8.16. The molecule has 0 bridgehead atoms. The highest BCUT2D eigenvalue weighted by molar-refractivity contribution is 7.90. The van der Waals surface area contributed by atoms with Crippen molar-refractivity contribution >= 4 is 15.9 Å². The van der Waals surface area contributed by atoms with E-state index in [1.165, 1.54) is 6.07 Å². The van der Waals surface area contributed by atoms with Crippen molar-refractivity contribution in [3.8, 4) is 11.1 Å². The van der Waals surface area contributed by atoms with Crippen LogP contribution in [0.1, 0.15) is 28.8 Å². The Hall–Kier alpha value is -2.29. The molecule has 1 amide bonds. The van der Waals surface area contributed by atoms with E-state index in [9.17, 15) is 17.6 Å². The number of hydrogen-bond donors (Lipinski definition) is 3. The van der Waals surface area contributed by atoms with Gasteiger partial charge in [-0.25, -0.2) is 12.8 Å². The fourth-order valence-corrected chi connectivity index (χ4v) is 4.30. The van der Waals surface area contributed by atoms with E-state index in [1.807, 2.05) is 30.3 Å². The minimum atomic E-state index is -3.74. The highest BCUT2D eigenvalue weighted by Crippen LogP contribution is 2.24. The van der Waals surface area contributed by atoms with E-state index in [1.54, 1.807) is 13.0 Å². The third-order valence-corrected chi connectivity index (χ3v) is 6.27. The number of carbonyl (C=O) groups is 1. The third kappa shape index (κ3) is 4.52. The van der Waals surface area contributed by atoms with Crippen molar-refractivity contribution in [1.29, 1.82) is 0 Å². The van der Waals surface area contributed by atoms with Crippen molar-refractivity contribution in [2.75, 3.05) is 13.1 Å². The van der Waals surface area contributed by atoms with Crippen LogP contribution in [0, 0.1) is 12.7 Å². The van der Waals surface area contributed by atoms with E-state index in [0.29, 0.717) is 24.1 Å². The van der Waals surface area contributed by atoms with Gasteiger partial charge in [-0.15, -0.1) is 4.83 Å². The highest BCUT2D eigenvalue weighted by atomic mass is 32.2. The number of benzene rings is 2. The van der Waals surface area contributed by atoms with Gasteiger partial charge in [-0.1, -0.05) is 30.3 Å². The van der Waals surface area contributed by atoms with Crippen molar-refractivity contribution in [1.82, 2.24) is 15.6 Å². The van der Waals surface area contributed by atoms with Crippen LogP contribution in [0.15, 0.2) is 42.5 Å². The molecule has 1 unspecified atom stereocenters. The topological polar surface area (TPSA) is 87.3 Å². The number of hydrogen-bond acceptors (Lipinski definition) is 4. The molecule has 1 aliphatic rings. The van der Waals surface area contributed by atoms with E-state index < -0.39 is 27.0 Å². The average Bonchev–Trinajstić information content (AvgIpc) is 2.69. The lowest BCUT2D eigenvalue weighted by Gasteiger charge is -2.23. The zero-order valence-corrected chi connectivity index (χ0v) is 15.8. The molecule has 2 aromatic rings. The molecular formula is C19H22FN3O3S. The minimum Gasteiger partial charge on any atom is -0.315 e. The minimum absolute atomic E-state index is 0.210. The monoisotopic (exact) mass is 391 g/mol. The standard InChI is InChI=1S/C19H22FN3O3S/c1-13-10-15(14-6-3-2-4-7-14)11-17(18(13)20)19(24)22-23-27(25,26)16-8-5-9-21-12-16/h2-4,6-7,10-11,16,21,23H,5,8-9,12H2,1H3,(H,22,24). The lowest BCUT2D eigenvalue weighted by Crippen LogP contribution is -2.50. The van der Waals surface area contributed by atoms with Crippen molar-refractivity contribution in [3.05, 3.63) is 59.4 Å². The maximum absolute atomic E-state index is 14.5. The van der Waals surface area contributed by atoms with Gasteiger partial charge < -0.3 is 5.32 Å². The molecule has 1 fully saturated rings. The summed E-state index contributed by atoms with van der Waals surface area (Å²) >= 11 is 0. The Morgan fingerprint density at radius 2 is 1.93 bits per heavy atom. The molecule has 6 nitrogen and oxygen atoms in total. The maximum Gasteiger partial charge on any atom is 0.269 e. The normalized spacial score (nSPS) is 17.5. The molecule has 1 atom stereocenters. The van der Waals surface area contributed by atoms with Gasteiger partial charge in [-0.2, -0.15) is 0 Å². The molecule has 144 valence electrons. The van der Waals surface area contributed by atoms with Gasteiger partial charge in [-0.05, 0) is 55.1 Å². The summed E-state index contributed by atoms with van der Waals surface area (Å²) in [6.07, 6.45) is 1.25. The smallest absolute Gasteiger partial charge is 0.269 e. The Labute approximate surface area is 158 Å². The molecule has 1 heterocycles. The third-order valence-electron chi connectivity index (χ3n) is 4.60. The van der Waals surface area contributed by atoms with E-state index in [2.05, 4.69) is 15.6 Å². The number of sulfonamides is 1. The van der Waals surface area contributed by atoms with Gasteiger partial charge in [0.1, 0.15) is 5.82 Å². The molecule has 0 spiro atoms. The Bertz CT molecular complexity index is 927. The first-order valence-electron chi connectivity index (χ1n) is 8.76. The highest BCUT2D eigenvalue weighted by Gasteiger charge is 2.28. The average molecular weight is 391 g/mol. The molecule has 8 heteroatoms. The molecule has 3 rings (SSSR count). The Morgan fingerprint density at radius 1 is 1.19 bits per heavy atom. The summed E-state index contributed by atoms with van der Waals surface area (Å²) in [5.41, 5.74) is 3.75. The summed E-state index contributed by atoms with van der Waals surface area (Å²) in [5.74, 6) is -1.51. The van der Waals surface area contributed by atoms with Crippen molar-refractivity contribution in [2.24, 2.45) is 0 Å². The summed E-state index contributed by atoms with van der Waals surface area (Å²) in [6, 6.07) is 12.3. The SMILES string of the molecule is Cc1cc(-c2ccccc2)cc(C(=O)NNS(=O)(=O)C2CCCNC2)c1F. The second-order valence-corrected chi connectivity index (χ2v) is 8.55. The molecule has 0 radical (unpaired) electrons. The molecule has 0 aromatic heterocycles. The van der Waals surface area contributed by atoms with Crippen LogP contribution >= 0.6 is 0 Å². The Balaban J connectivity index is 1.79. The number of nitrogens with one attached hydrogen (secondary N) is 3. The van der Waals surface area contributed by atoms with Gasteiger partial charge in [0.25, 0.3) is 5.91 Å². The van der Waals surface area contributed by atoms with Crippen molar-refractivity contribution in [2.45, 2.75) is 25.0 Å². The number of aryl methyl sites for hydroxylation is 1. The number of amides is 1. The van der Waals surface area contributed by atoms with Gasteiger partial charge in [0.05, 0.1) is 10.8 Å². The predicted octanol–water partition coefficient (Wildman–Crippen LogP) is 2.12. The maximum atomic E-state index is 14.5. The molecule has 27 heavy (non-hydrogen) atoms. The zero-order chi connectivity index (χ0) is 19.4. The van der Waals surface area contributed by atoms with Crippen molar-refractivity contribution in [3.63, 3.8) is 0 Å². The molecule has 3 N–H and O–H groups in total. The van der Waals surface area contributed by atoms with Crippen LogP contribution in [0.3, 0.4) is 0 Å². The van der Waals surface area contributed by atoms with Crippen LogP contribution in [-0.4, -0.2) is 32.7 Å². The quantitative estimate of drug-likeness (QED) is 0.682. The first-order valence-corrected chi connectivity index (χ1v) is 10.3. The number of hydrazine groups is 1. The largest absolute Gasteiger partial charge is 0.315 e. The first-order chi connectivity index (χ1) is 12.9. The Kier molecular flexibility index (Phi) is 5.88. The van der Waals surface area contributed by atoms with Gasteiger partial charge in [0.2, 0.25) is 10.0 Å². The van der Waals surface area contributed by atoms with E-state index in [4.69, 9.17) is 0 Å². The second-order valence-electron chi connectivity index (χ2n) is 6.59. The molecule has 0 aliphatic carbocycles. The predicted molar refractivity (Wildman–Crippen MR) is 102 cm³/mol. The van der Waals surface area contributed by atoms with Crippen LogP contribution in [0.5, 0.6) is 0 Å². The van der Waals surface area contributed by atoms with Crippen LogP contribution < -0.4 is 15.6 Å². The fraction of sp³-hybridized carbons (Fsp3) is 0.316. The number of carbonyl (C=O) groups excluding carboxylic acids is 1. The van der Waals surface area contributed by atoms with Gasteiger partial charge in [0.15, 0.2) is 0 Å². The van der Waals surface area contributed by atoms with Crippen molar-refractivity contribution < 1.29 is 17.6 Å². The van der Waals surface area contributed by atoms with Crippen LogP contribution in [0.2, 0.25) is 0 Å². The zero-order valence-electron chi connectivity index (χ0n) is 15.0. The Morgan fingerprint density at radius 3 is 2.59 bits per heavy atom. The lowest BCUT2D eigenvalue weighted by atomic mass is 9.99. The molecule has 1 saturated heterocycles.